The minimum Gasteiger partial charge on any atom is -0.321 e. The van der Waals surface area contributed by atoms with Gasteiger partial charge < -0.3 is 10.3 Å². The normalized spacial score (nSPS) is 9.93. The molecule has 1 aromatic heterocycles. The maximum atomic E-state index is 12.5. The van der Waals surface area contributed by atoms with Crippen LogP contribution in [0.5, 0.6) is 0 Å². The summed E-state index contributed by atoms with van der Waals surface area (Å²) in [4.78, 5) is 17.0. The lowest BCUT2D eigenvalue weighted by Gasteiger charge is -2.01. The van der Waals surface area contributed by atoms with E-state index in [-0.39, 0.29) is 5.69 Å². The van der Waals surface area contributed by atoms with Crippen LogP contribution in [0.2, 0.25) is 0 Å². The zero-order valence-corrected chi connectivity index (χ0v) is 7.70. The van der Waals surface area contributed by atoms with E-state index in [1.165, 1.54) is 0 Å². The fourth-order valence-corrected chi connectivity index (χ4v) is 1.13. The van der Waals surface area contributed by atoms with Crippen LogP contribution in [0.4, 0.5) is 10.1 Å². The van der Waals surface area contributed by atoms with Crippen molar-refractivity contribution in [2.45, 2.75) is 0 Å². The molecule has 76 valence electrons. The lowest BCUT2D eigenvalue weighted by molar-refractivity contribution is 0.102. The molecule has 2 aromatic rings. The Balaban J connectivity index is 2.11. The lowest BCUT2D eigenvalue weighted by atomic mass is 10.3. The van der Waals surface area contributed by atoms with Crippen molar-refractivity contribution in [1.29, 1.82) is 0 Å². The molecule has 2 N–H and O–H groups in total. The van der Waals surface area contributed by atoms with Gasteiger partial charge >= 0.3 is 0 Å². The molecule has 0 saturated carbocycles. The first-order valence-corrected chi connectivity index (χ1v) is 4.32. The van der Waals surface area contributed by atoms with Gasteiger partial charge in [0, 0.05) is 5.69 Å². The number of aromatic amines is 1. The molecule has 0 unspecified atom stereocenters. The zero-order chi connectivity index (χ0) is 10.7. The number of hydrogen-bond donors (Lipinski definition) is 2. The Kier molecular flexibility index (Phi) is 2.45. The van der Waals surface area contributed by atoms with Crippen LogP contribution in [0, 0.1) is 6.08 Å². The fraction of sp³-hybridized carbons (Fsp3) is 0. The molecule has 0 aliphatic rings. The summed E-state index contributed by atoms with van der Waals surface area (Å²) >= 11 is 0. The Morgan fingerprint density at radius 3 is 2.67 bits per heavy atom. The van der Waals surface area contributed by atoms with E-state index in [4.69, 9.17) is 0 Å². The number of rotatable bonds is 2. The SMILES string of the molecule is O=C(Nc1ccccc1)c1cnc(F)[nH]1. The Labute approximate surface area is 85.2 Å². The summed E-state index contributed by atoms with van der Waals surface area (Å²) in [5.74, 6) is -0.419. The third-order valence-corrected chi connectivity index (χ3v) is 1.82. The van der Waals surface area contributed by atoms with Crippen LogP contribution in [-0.2, 0) is 0 Å². The van der Waals surface area contributed by atoms with E-state index in [0.29, 0.717) is 5.69 Å². The van der Waals surface area contributed by atoms with Crippen molar-refractivity contribution >= 4 is 11.6 Å². The monoisotopic (exact) mass is 205 g/mol. The van der Waals surface area contributed by atoms with Crippen molar-refractivity contribution in [3.05, 3.63) is 48.3 Å². The second kappa shape index (κ2) is 3.91. The van der Waals surface area contributed by atoms with Gasteiger partial charge in [0.2, 0.25) is 0 Å². The number of para-hydroxylation sites is 1. The molecule has 2 rings (SSSR count). The summed E-state index contributed by atoms with van der Waals surface area (Å²) in [5.41, 5.74) is 0.744. The number of imidazole rings is 1. The van der Waals surface area contributed by atoms with Gasteiger partial charge in [0.15, 0.2) is 0 Å². The van der Waals surface area contributed by atoms with Crippen LogP contribution in [0.25, 0.3) is 0 Å². The molecular formula is C10H8FN3O. The van der Waals surface area contributed by atoms with Crippen molar-refractivity contribution in [1.82, 2.24) is 9.97 Å². The summed E-state index contributed by atoms with van der Waals surface area (Å²) in [7, 11) is 0. The Hall–Kier alpha value is -2.17. The Bertz CT molecular complexity index is 467. The van der Waals surface area contributed by atoms with Gasteiger partial charge in [-0.2, -0.15) is 4.39 Å². The van der Waals surface area contributed by atoms with Gasteiger partial charge in [0.05, 0.1) is 6.20 Å². The van der Waals surface area contributed by atoms with Gasteiger partial charge in [-0.1, -0.05) is 18.2 Å². The lowest BCUT2D eigenvalue weighted by Crippen LogP contribution is -2.12. The molecule has 0 radical (unpaired) electrons. The van der Waals surface area contributed by atoms with E-state index in [9.17, 15) is 9.18 Å². The van der Waals surface area contributed by atoms with Crippen LogP contribution in [0.1, 0.15) is 10.5 Å². The van der Waals surface area contributed by atoms with E-state index in [1.54, 1.807) is 24.3 Å². The van der Waals surface area contributed by atoms with E-state index in [2.05, 4.69) is 15.3 Å². The predicted octanol–water partition coefficient (Wildman–Crippen LogP) is 1.80. The number of carbonyl (C=O) groups is 1. The first-order chi connectivity index (χ1) is 7.25. The molecule has 4 nitrogen and oxygen atoms in total. The van der Waals surface area contributed by atoms with E-state index < -0.39 is 12.0 Å². The number of nitrogens with zero attached hydrogens (tertiary/aromatic N) is 1. The average Bonchev–Trinajstić information content (AvgIpc) is 2.66. The molecule has 15 heavy (non-hydrogen) atoms. The van der Waals surface area contributed by atoms with Gasteiger partial charge in [0.25, 0.3) is 12.0 Å². The molecule has 1 heterocycles. The topological polar surface area (TPSA) is 57.8 Å². The van der Waals surface area contributed by atoms with E-state index >= 15 is 0 Å². The molecule has 0 bridgehead atoms. The number of hydrogen-bond acceptors (Lipinski definition) is 2. The highest BCUT2D eigenvalue weighted by atomic mass is 19.1. The molecule has 0 aliphatic carbocycles. The van der Waals surface area contributed by atoms with Gasteiger partial charge in [-0.15, -0.1) is 0 Å². The molecule has 0 atom stereocenters. The zero-order valence-electron chi connectivity index (χ0n) is 7.70. The Morgan fingerprint density at radius 2 is 2.07 bits per heavy atom. The van der Waals surface area contributed by atoms with Crippen LogP contribution < -0.4 is 5.32 Å². The minimum atomic E-state index is -0.770. The van der Waals surface area contributed by atoms with Crippen molar-refractivity contribution < 1.29 is 9.18 Å². The Morgan fingerprint density at radius 1 is 1.33 bits per heavy atom. The van der Waals surface area contributed by atoms with Crippen LogP contribution in [0.3, 0.4) is 0 Å². The molecule has 1 aromatic carbocycles. The number of anilines is 1. The molecule has 0 aliphatic heterocycles. The standard InChI is InChI=1S/C10H8FN3O/c11-10-12-6-8(14-10)9(15)13-7-4-2-1-3-5-7/h1-6H,(H,12,14)(H,13,15). The number of aromatic nitrogens is 2. The highest BCUT2D eigenvalue weighted by Crippen LogP contribution is 2.07. The third-order valence-electron chi connectivity index (χ3n) is 1.82. The molecule has 0 fully saturated rings. The second-order valence-corrected chi connectivity index (χ2v) is 2.91. The predicted molar refractivity (Wildman–Crippen MR) is 52.9 cm³/mol. The van der Waals surface area contributed by atoms with Crippen molar-refractivity contribution in [3.63, 3.8) is 0 Å². The van der Waals surface area contributed by atoms with Gasteiger partial charge in [0.1, 0.15) is 5.69 Å². The number of benzene rings is 1. The smallest absolute Gasteiger partial charge is 0.287 e. The van der Waals surface area contributed by atoms with Gasteiger partial charge in [-0.25, -0.2) is 4.98 Å². The largest absolute Gasteiger partial charge is 0.321 e. The van der Waals surface area contributed by atoms with E-state index in [0.717, 1.165) is 6.20 Å². The number of carbonyl (C=O) groups excluding carboxylic acids is 1. The number of halogens is 1. The van der Waals surface area contributed by atoms with Crippen LogP contribution in [-0.4, -0.2) is 15.9 Å². The average molecular weight is 205 g/mol. The highest BCUT2D eigenvalue weighted by Gasteiger charge is 2.08. The van der Waals surface area contributed by atoms with Crippen LogP contribution >= 0.6 is 0 Å². The van der Waals surface area contributed by atoms with Crippen molar-refractivity contribution in [3.8, 4) is 0 Å². The van der Waals surface area contributed by atoms with Gasteiger partial charge in [-0.05, 0) is 12.1 Å². The molecule has 0 saturated heterocycles. The molecule has 1 amide bonds. The first-order valence-electron chi connectivity index (χ1n) is 4.32. The minimum absolute atomic E-state index is 0.0938. The molecule has 0 spiro atoms. The maximum absolute atomic E-state index is 12.5. The summed E-state index contributed by atoms with van der Waals surface area (Å²) < 4.78 is 12.5. The van der Waals surface area contributed by atoms with Gasteiger partial charge in [-0.3, -0.25) is 4.79 Å². The summed E-state index contributed by atoms with van der Waals surface area (Å²) in [5, 5.41) is 2.59. The summed E-state index contributed by atoms with van der Waals surface area (Å²) in [6.07, 6.45) is 0.376. The number of nitrogens with one attached hydrogen (secondary N) is 2. The quantitative estimate of drug-likeness (QED) is 0.785. The third kappa shape index (κ3) is 2.19. The molecule has 5 heteroatoms. The van der Waals surface area contributed by atoms with Crippen molar-refractivity contribution in [2.75, 3.05) is 5.32 Å². The number of H-pyrrole nitrogens is 1. The summed E-state index contributed by atoms with van der Waals surface area (Å²) in [6, 6.07) is 8.91. The maximum Gasteiger partial charge on any atom is 0.287 e. The fourth-order valence-electron chi connectivity index (χ4n) is 1.13. The van der Waals surface area contributed by atoms with Crippen molar-refractivity contribution in [2.24, 2.45) is 0 Å². The highest BCUT2D eigenvalue weighted by molar-refractivity contribution is 6.02. The summed E-state index contributed by atoms with van der Waals surface area (Å²) in [6.45, 7) is 0. The second-order valence-electron chi connectivity index (χ2n) is 2.91. The molecular weight excluding hydrogens is 197 g/mol. The first kappa shape index (κ1) is 9.39. The number of amides is 1. The van der Waals surface area contributed by atoms with Crippen LogP contribution in [0.15, 0.2) is 36.5 Å². The van der Waals surface area contributed by atoms with E-state index in [1.807, 2.05) is 6.07 Å².